The summed E-state index contributed by atoms with van der Waals surface area (Å²) in [6, 6.07) is 2.15. The van der Waals surface area contributed by atoms with Gasteiger partial charge in [0.2, 0.25) is 17.7 Å². The van der Waals surface area contributed by atoms with Crippen molar-refractivity contribution in [2.75, 3.05) is 6.54 Å². The van der Waals surface area contributed by atoms with Crippen LogP contribution in [0.15, 0.2) is 24.3 Å². The molecule has 214 valence electrons. The first kappa shape index (κ1) is 32.8. The van der Waals surface area contributed by atoms with Gasteiger partial charge in [0.05, 0.1) is 6.04 Å². The van der Waals surface area contributed by atoms with Gasteiger partial charge in [0.25, 0.3) is 0 Å². The summed E-state index contributed by atoms with van der Waals surface area (Å²) >= 11 is 0. The highest BCUT2D eigenvalue weighted by Gasteiger charge is 2.31. The molecule has 1 aromatic carbocycles. The van der Waals surface area contributed by atoms with Crippen LogP contribution in [0.1, 0.15) is 65.4 Å². The topological polar surface area (TPSA) is 197 Å². The Balaban J connectivity index is 3.11. The zero-order valence-electron chi connectivity index (χ0n) is 22.9. The summed E-state index contributed by atoms with van der Waals surface area (Å²) in [6.07, 6.45) is 2.42. The number of benzene rings is 1. The Morgan fingerprint density at radius 3 is 1.82 bits per heavy atom. The molecular weight excluding hydrogens is 490 g/mol. The van der Waals surface area contributed by atoms with Crippen molar-refractivity contribution in [2.45, 2.75) is 90.4 Å². The molecule has 0 heterocycles. The van der Waals surface area contributed by atoms with Gasteiger partial charge in [-0.25, -0.2) is 4.79 Å². The van der Waals surface area contributed by atoms with Gasteiger partial charge in [-0.1, -0.05) is 46.2 Å². The predicted octanol–water partition coefficient (Wildman–Crippen LogP) is 1.02. The number of unbranched alkanes of at least 4 members (excludes halogenated alkanes) is 1. The van der Waals surface area contributed by atoms with Crippen LogP contribution >= 0.6 is 0 Å². The monoisotopic (exact) mass is 535 g/mol. The number of hydrogen-bond acceptors (Lipinski definition) is 7. The third-order valence-electron chi connectivity index (χ3n) is 5.98. The number of phenolic OH excluding ortho intramolecular Hbond substituents is 1. The van der Waals surface area contributed by atoms with Gasteiger partial charge in [-0.3, -0.25) is 14.4 Å². The second-order valence-electron chi connectivity index (χ2n) is 10.5. The Labute approximate surface area is 225 Å². The number of carboxylic acids is 1. The summed E-state index contributed by atoms with van der Waals surface area (Å²) < 4.78 is 0. The first-order valence-electron chi connectivity index (χ1n) is 13.2. The number of nitrogens with one attached hydrogen (secondary N) is 3. The SMILES string of the molecule is CC(C)CC(NC(=O)C(Cc1ccc(O)cc1)NC(=O)C(CC(C)C)NC(=O)C(N)CCCCN)C(=O)O. The molecule has 0 aromatic heterocycles. The number of carbonyl (C=O) groups is 4. The number of nitrogens with two attached hydrogens (primary N) is 2. The van der Waals surface area contributed by atoms with Crippen LogP contribution in [0.2, 0.25) is 0 Å². The van der Waals surface area contributed by atoms with E-state index in [0.717, 1.165) is 6.42 Å². The normalized spacial score (nSPS) is 14.4. The Morgan fingerprint density at radius 1 is 0.789 bits per heavy atom. The van der Waals surface area contributed by atoms with Crippen LogP contribution in [-0.2, 0) is 25.6 Å². The smallest absolute Gasteiger partial charge is 0.326 e. The van der Waals surface area contributed by atoms with Gasteiger partial charge in [-0.05, 0) is 61.8 Å². The van der Waals surface area contributed by atoms with Gasteiger partial charge in [0, 0.05) is 6.42 Å². The lowest BCUT2D eigenvalue weighted by Gasteiger charge is -2.26. The molecule has 11 nitrogen and oxygen atoms in total. The minimum absolute atomic E-state index is 0.0150. The van der Waals surface area contributed by atoms with Crippen LogP contribution in [-0.4, -0.2) is 64.6 Å². The standard InChI is InChI=1S/C27H45N5O6/c1-16(2)13-21(30-24(34)20(29)7-5-6-12-28)25(35)31-22(15-18-8-10-19(33)11-9-18)26(36)32-23(27(37)38)14-17(3)4/h8-11,16-17,20-23,33H,5-7,12-15,28-29H2,1-4H3,(H,30,34)(H,31,35)(H,32,36)(H,37,38). The molecule has 0 fully saturated rings. The van der Waals surface area contributed by atoms with E-state index in [-0.39, 0.29) is 30.4 Å². The molecule has 4 unspecified atom stereocenters. The Morgan fingerprint density at radius 2 is 1.29 bits per heavy atom. The summed E-state index contributed by atoms with van der Waals surface area (Å²) in [5.41, 5.74) is 12.1. The molecule has 0 aliphatic rings. The summed E-state index contributed by atoms with van der Waals surface area (Å²) in [5.74, 6) is -2.76. The minimum Gasteiger partial charge on any atom is -0.508 e. The van der Waals surface area contributed by atoms with E-state index in [1.165, 1.54) is 12.1 Å². The average Bonchev–Trinajstić information content (AvgIpc) is 2.83. The number of aromatic hydroxyl groups is 1. The van der Waals surface area contributed by atoms with Crippen molar-refractivity contribution in [3.63, 3.8) is 0 Å². The first-order chi connectivity index (χ1) is 17.8. The highest BCUT2D eigenvalue weighted by atomic mass is 16.4. The van der Waals surface area contributed by atoms with E-state index in [4.69, 9.17) is 11.5 Å². The van der Waals surface area contributed by atoms with Gasteiger partial charge < -0.3 is 37.6 Å². The van der Waals surface area contributed by atoms with E-state index in [0.29, 0.717) is 31.4 Å². The van der Waals surface area contributed by atoms with Crippen molar-refractivity contribution in [1.29, 1.82) is 0 Å². The van der Waals surface area contributed by atoms with Gasteiger partial charge in [-0.15, -0.1) is 0 Å². The number of amides is 3. The third kappa shape index (κ3) is 12.4. The molecule has 1 aromatic rings. The molecule has 11 heteroatoms. The third-order valence-corrected chi connectivity index (χ3v) is 5.98. The van der Waals surface area contributed by atoms with E-state index in [1.54, 1.807) is 12.1 Å². The van der Waals surface area contributed by atoms with Crippen molar-refractivity contribution in [2.24, 2.45) is 23.3 Å². The summed E-state index contributed by atoms with van der Waals surface area (Å²) in [4.78, 5) is 51.0. The molecule has 0 aliphatic carbocycles. The lowest BCUT2D eigenvalue weighted by molar-refractivity contribution is -0.142. The zero-order valence-corrected chi connectivity index (χ0v) is 22.9. The second-order valence-corrected chi connectivity index (χ2v) is 10.5. The number of carboxylic acid groups (broad SMARTS) is 1. The molecule has 0 saturated heterocycles. The van der Waals surface area contributed by atoms with Gasteiger partial charge in [0.1, 0.15) is 23.9 Å². The maximum atomic E-state index is 13.3. The van der Waals surface area contributed by atoms with Crippen LogP contribution in [0.25, 0.3) is 0 Å². The minimum atomic E-state index is -1.17. The van der Waals surface area contributed by atoms with Crippen molar-refractivity contribution < 1.29 is 29.4 Å². The van der Waals surface area contributed by atoms with E-state index in [9.17, 15) is 29.4 Å². The van der Waals surface area contributed by atoms with Crippen molar-refractivity contribution in [3.05, 3.63) is 29.8 Å². The summed E-state index contributed by atoms with van der Waals surface area (Å²) in [5, 5.41) is 27.1. The molecule has 4 atom stereocenters. The Bertz CT molecular complexity index is 906. The number of phenols is 1. The maximum Gasteiger partial charge on any atom is 0.326 e. The van der Waals surface area contributed by atoms with Crippen LogP contribution in [0.3, 0.4) is 0 Å². The van der Waals surface area contributed by atoms with Crippen molar-refractivity contribution in [1.82, 2.24) is 16.0 Å². The number of rotatable bonds is 17. The highest BCUT2D eigenvalue weighted by molar-refractivity contribution is 5.94. The second kappa shape index (κ2) is 16.6. The fourth-order valence-corrected chi connectivity index (χ4v) is 3.94. The largest absolute Gasteiger partial charge is 0.508 e. The number of aliphatic carboxylic acids is 1. The zero-order chi connectivity index (χ0) is 28.8. The van der Waals surface area contributed by atoms with Gasteiger partial charge in [0.15, 0.2) is 0 Å². The molecule has 3 amide bonds. The lowest BCUT2D eigenvalue weighted by atomic mass is 9.99. The molecule has 38 heavy (non-hydrogen) atoms. The first-order valence-corrected chi connectivity index (χ1v) is 13.2. The molecule has 1 rings (SSSR count). The summed E-state index contributed by atoms with van der Waals surface area (Å²) in [7, 11) is 0. The van der Waals surface area contributed by atoms with Gasteiger partial charge >= 0.3 is 5.97 Å². The van der Waals surface area contributed by atoms with Crippen molar-refractivity contribution >= 4 is 23.7 Å². The molecule has 0 saturated carbocycles. The van der Waals surface area contributed by atoms with E-state index >= 15 is 0 Å². The Kier molecular flexibility index (Phi) is 14.4. The molecule has 0 aliphatic heterocycles. The number of hydrogen-bond donors (Lipinski definition) is 7. The van der Waals surface area contributed by atoms with Crippen LogP contribution in [0.5, 0.6) is 5.75 Å². The van der Waals surface area contributed by atoms with Crippen LogP contribution < -0.4 is 27.4 Å². The molecule has 9 N–H and O–H groups in total. The van der Waals surface area contributed by atoms with Crippen molar-refractivity contribution in [3.8, 4) is 5.75 Å². The molecule has 0 radical (unpaired) electrons. The Hall–Kier alpha value is -3.18. The van der Waals surface area contributed by atoms with Gasteiger partial charge in [-0.2, -0.15) is 0 Å². The van der Waals surface area contributed by atoms with E-state index in [2.05, 4.69) is 16.0 Å². The average molecular weight is 536 g/mol. The fraction of sp³-hybridized carbons (Fsp3) is 0.630. The highest BCUT2D eigenvalue weighted by Crippen LogP contribution is 2.13. The van der Waals surface area contributed by atoms with Crippen LogP contribution in [0.4, 0.5) is 0 Å². The quantitative estimate of drug-likeness (QED) is 0.143. The number of carbonyl (C=O) groups excluding carboxylic acids is 3. The maximum absolute atomic E-state index is 13.3. The molecule has 0 bridgehead atoms. The van der Waals surface area contributed by atoms with Crippen LogP contribution in [0, 0.1) is 11.8 Å². The lowest BCUT2D eigenvalue weighted by Crippen LogP contribution is -2.58. The van der Waals surface area contributed by atoms with E-state index < -0.39 is 47.9 Å². The molecular formula is C27H45N5O6. The summed E-state index contributed by atoms with van der Waals surface area (Å²) in [6.45, 7) is 7.99. The fourth-order valence-electron chi connectivity index (χ4n) is 3.94. The predicted molar refractivity (Wildman–Crippen MR) is 145 cm³/mol. The molecule has 0 spiro atoms. The van der Waals surface area contributed by atoms with E-state index in [1.807, 2.05) is 27.7 Å².